The van der Waals surface area contributed by atoms with Gasteiger partial charge in [-0.2, -0.15) is 0 Å². The van der Waals surface area contributed by atoms with Crippen LogP contribution in [-0.2, 0) is 4.74 Å². The lowest BCUT2D eigenvalue weighted by atomic mass is 9.79. The number of rotatable bonds is 0. The van der Waals surface area contributed by atoms with Gasteiger partial charge in [-0.1, -0.05) is 6.92 Å². The van der Waals surface area contributed by atoms with E-state index in [1.165, 1.54) is 0 Å². The van der Waals surface area contributed by atoms with Crippen LogP contribution in [0.2, 0.25) is 0 Å². The van der Waals surface area contributed by atoms with E-state index in [1.807, 2.05) is 0 Å². The van der Waals surface area contributed by atoms with Gasteiger partial charge in [-0.15, -0.1) is 0 Å². The minimum atomic E-state index is -0.0650. The standard InChI is InChI=1S/C8H14O2/c1-6-4-7(9)2-3-8(6)5-10-8/h6-7,9H,2-5H2,1H3. The highest BCUT2D eigenvalue weighted by atomic mass is 16.6. The van der Waals surface area contributed by atoms with Crippen LogP contribution in [0, 0.1) is 5.92 Å². The Morgan fingerprint density at radius 3 is 2.80 bits per heavy atom. The van der Waals surface area contributed by atoms with Crippen LogP contribution in [0.25, 0.3) is 0 Å². The molecule has 2 heteroatoms. The van der Waals surface area contributed by atoms with E-state index in [1.54, 1.807) is 0 Å². The molecule has 1 saturated carbocycles. The molecular formula is C8H14O2. The Balaban J connectivity index is 2.01. The normalized spacial score (nSPS) is 53.4. The summed E-state index contributed by atoms with van der Waals surface area (Å²) in [4.78, 5) is 0. The predicted molar refractivity (Wildman–Crippen MR) is 37.7 cm³/mol. The first-order chi connectivity index (χ1) is 4.73. The van der Waals surface area contributed by atoms with Crippen LogP contribution in [-0.4, -0.2) is 23.4 Å². The molecule has 58 valence electrons. The van der Waals surface area contributed by atoms with Gasteiger partial charge in [0.1, 0.15) is 0 Å². The van der Waals surface area contributed by atoms with Gasteiger partial charge in [-0.05, 0) is 25.2 Å². The van der Waals surface area contributed by atoms with Crippen molar-refractivity contribution < 1.29 is 9.84 Å². The van der Waals surface area contributed by atoms with Gasteiger partial charge < -0.3 is 9.84 Å². The molecule has 2 aliphatic rings. The van der Waals surface area contributed by atoms with Crippen LogP contribution >= 0.6 is 0 Å². The van der Waals surface area contributed by atoms with Crippen LogP contribution < -0.4 is 0 Å². The molecule has 1 N–H and O–H groups in total. The lowest BCUT2D eigenvalue weighted by Gasteiger charge is -2.28. The summed E-state index contributed by atoms with van der Waals surface area (Å²) in [6.45, 7) is 3.11. The van der Waals surface area contributed by atoms with Crippen molar-refractivity contribution in [3.8, 4) is 0 Å². The third kappa shape index (κ3) is 0.867. The third-order valence-electron chi connectivity index (χ3n) is 2.94. The van der Waals surface area contributed by atoms with Crippen LogP contribution in [0.1, 0.15) is 26.2 Å². The average molecular weight is 142 g/mol. The van der Waals surface area contributed by atoms with Gasteiger partial charge in [0.05, 0.1) is 18.3 Å². The highest BCUT2D eigenvalue weighted by Crippen LogP contribution is 2.45. The van der Waals surface area contributed by atoms with Crippen molar-refractivity contribution in [2.24, 2.45) is 5.92 Å². The highest BCUT2D eigenvalue weighted by molar-refractivity contribution is 5.00. The summed E-state index contributed by atoms with van der Waals surface area (Å²) in [5.41, 5.74) is 0.208. The fraction of sp³-hybridized carbons (Fsp3) is 1.00. The molecule has 2 rings (SSSR count). The van der Waals surface area contributed by atoms with E-state index in [0.717, 1.165) is 25.9 Å². The van der Waals surface area contributed by atoms with Crippen molar-refractivity contribution in [2.75, 3.05) is 6.61 Å². The largest absolute Gasteiger partial charge is 0.393 e. The quantitative estimate of drug-likeness (QED) is 0.510. The lowest BCUT2D eigenvalue weighted by molar-refractivity contribution is 0.0555. The van der Waals surface area contributed by atoms with Gasteiger partial charge >= 0.3 is 0 Å². The molecule has 0 aromatic heterocycles. The van der Waals surface area contributed by atoms with E-state index in [2.05, 4.69) is 6.92 Å². The predicted octanol–water partition coefficient (Wildman–Crippen LogP) is 0.936. The molecule has 1 saturated heterocycles. The molecule has 0 radical (unpaired) electrons. The number of epoxide rings is 1. The maximum atomic E-state index is 9.28. The van der Waals surface area contributed by atoms with Crippen molar-refractivity contribution in [1.29, 1.82) is 0 Å². The molecule has 1 aliphatic carbocycles. The molecule has 3 atom stereocenters. The summed E-state index contributed by atoms with van der Waals surface area (Å²) < 4.78 is 5.39. The number of aliphatic hydroxyl groups excluding tert-OH is 1. The van der Waals surface area contributed by atoms with Crippen LogP contribution in [0.4, 0.5) is 0 Å². The fourth-order valence-electron chi connectivity index (χ4n) is 1.92. The van der Waals surface area contributed by atoms with Crippen LogP contribution in [0.5, 0.6) is 0 Å². The van der Waals surface area contributed by atoms with Gasteiger partial charge in [0.25, 0.3) is 0 Å². The first kappa shape index (κ1) is 6.62. The summed E-state index contributed by atoms with van der Waals surface area (Å²) >= 11 is 0. The number of ether oxygens (including phenoxy) is 1. The smallest absolute Gasteiger partial charge is 0.0943 e. The van der Waals surface area contributed by atoms with E-state index in [0.29, 0.717) is 5.92 Å². The molecule has 0 aromatic rings. The van der Waals surface area contributed by atoms with Gasteiger partial charge in [-0.25, -0.2) is 0 Å². The molecule has 1 aliphatic heterocycles. The molecule has 1 spiro atoms. The van der Waals surface area contributed by atoms with Gasteiger partial charge in [-0.3, -0.25) is 0 Å². The number of aliphatic hydroxyl groups is 1. The second-order valence-electron chi connectivity index (χ2n) is 3.68. The Morgan fingerprint density at radius 2 is 2.30 bits per heavy atom. The molecule has 1 heterocycles. The van der Waals surface area contributed by atoms with E-state index in [-0.39, 0.29) is 11.7 Å². The van der Waals surface area contributed by atoms with Crippen molar-refractivity contribution in [2.45, 2.75) is 37.9 Å². The molecule has 2 nitrogen and oxygen atoms in total. The van der Waals surface area contributed by atoms with Gasteiger partial charge in [0, 0.05) is 0 Å². The fourth-order valence-corrected chi connectivity index (χ4v) is 1.92. The molecule has 10 heavy (non-hydrogen) atoms. The van der Waals surface area contributed by atoms with E-state index < -0.39 is 0 Å². The molecule has 2 fully saturated rings. The first-order valence-corrected chi connectivity index (χ1v) is 4.05. The summed E-state index contributed by atoms with van der Waals surface area (Å²) in [7, 11) is 0. The maximum absolute atomic E-state index is 9.28. The Kier molecular flexibility index (Phi) is 1.29. The Labute approximate surface area is 61.2 Å². The van der Waals surface area contributed by atoms with Crippen LogP contribution in [0.3, 0.4) is 0 Å². The Morgan fingerprint density at radius 1 is 1.60 bits per heavy atom. The van der Waals surface area contributed by atoms with Crippen molar-refractivity contribution in [3.05, 3.63) is 0 Å². The van der Waals surface area contributed by atoms with Crippen molar-refractivity contribution in [3.63, 3.8) is 0 Å². The van der Waals surface area contributed by atoms with Crippen molar-refractivity contribution >= 4 is 0 Å². The highest BCUT2D eigenvalue weighted by Gasteiger charge is 2.51. The zero-order valence-corrected chi connectivity index (χ0v) is 6.34. The third-order valence-corrected chi connectivity index (χ3v) is 2.94. The van der Waals surface area contributed by atoms with Gasteiger partial charge in [0.2, 0.25) is 0 Å². The molecule has 0 bridgehead atoms. The summed E-state index contributed by atoms with van der Waals surface area (Å²) in [5, 5.41) is 9.28. The maximum Gasteiger partial charge on any atom is 0.0943 e. The lowest BCUT2D eigenvalue weighted by Crippen LogP contribution is -2.32. The average Bonchev–Trinajstić information content (AvgIpc) is 2.62. The molecular weight excluding hydrogens is 128 g/mol. The minimum absolute atomic E-state index is 0.0650. The monoisotopic (exact) mass is 142 g/mol. The summed E-state index contributed by atoms with van der Waals surface area (Å²) in [6.07, 6.45) is 2.87. The van der Waals surface area contributed by atoms with E-state index in [9.17, 15) is 5.11 Å². The summed E-state index contributed by atoms with van der Waals surface area (Å²) in [6, 6.07) is 0. The Hall–Kier alpha value is -0.0800. The first-order valence-electron chi connectivity index (χ1n) is 4.05. The van der Waals surface area contributed by atoms with Gasteiger partial charge in [0.15, 0.2) is 0 Å². The molecule has 3 unspecified atom stereocenters. The SMILES string of the molecule is CC1CC(O)CCC12CO2. The minimum Gasteiger partial charge on any atom is -0.393 e. The summed E-state index contributed by atoms with van der Waals surface area (Å²) in [5.74, 6) is 0.566. The molecule has 0 aromatic carbocycles. The molecule has 0 amide bonds. The van der Waals surface area contributed by atoms with E-state index in [4.69, 9.17) is 4.74 Å². The van der Waals surface area contributed by atoms with E-state index >= 15 is 0 Å². The van der Waals surface area contributed by atoms with Crippen molar-refractivity contribution in [1.82, 2.24) is 0 Å². The second-order valence-corrected chi connectivity index (χ2v) is 3.68. The number of hydrogen-bond donors (Lipinski definition) is 1. The van der Waals surface area contributed by atoms with Crippen LogP contribution in [0.15, 0.2) is 0 Å². The zero-order valence-electron chi connectivity index (χ0n) is 6.34. The Bertz CT molecular complexity index is 140. The second kappa shape index (κ2) is 1.95. The zero-order chi connectivity index (χ0) is 7.19. The number of hydrogen-bond acceptors (Lipinski definition) is 2. The topological polar surface area (TPSA) is 32.8 Å².